The fourth-order valence-corrected chi connectivity index (χ4v) is 2.06. The van der Waals surface area contributed by atoms with Crippen LogP contribution in [-0.4, -0.2) is 20.0 Å². The minimum atomic E-state index is -0.123. The van der Waals surface area contributed by atoms with Crippen LogP contribution in [0.1, 0.15) is 15.9 Å². The molecule has 0 N–H and O–H groups in total. The van der Waals surface area contributed by atoms with E-state index in [1.165, 1.54) is 6.08 Å². The van der Waals surface area contributed by atoms with E-state index in [1.54, 1.807) is 62.8 Å². The molecule has 21 heavy (non-hydrogen) atoms. The van der Waals surface area contributed by atoms with Crippen molar-refractivity contribution in [3.8, 4) is 11.5 Å². The summed E-state index contributed by atoms with van der Waals surface area (Å²) in [5, 5.41) is 0.535. The fourth-order valence-electron chi connectivity index (χ4n) is 1.87. The summed E-state index contributed by atoms with van der Waals surface area (Å²) in [6.45, 7) is 0. The van der Waals surface area contributed by atoms with Crippen molar-refractivity contribution in [2.45, 2.75) is 0 Å². The van der Waals surface area contributed by atoms with Gasteiger partial charge in [0.1, 0.15) is 11.5 Å². The zero-order chi connectivity index (χ0) is 15.2. The zero-order valence-electron chi connectivity index (χ0n) is 11.8. The summed E-state index contributed by atoms with van der Waals surface area (Å²) in [6, 6.07) is 12.2. The van der Waals surface area contributed by atoms with Crippen LogP contribution in [0.2, 0.25) is 5.02 Å². The van der Waals surface area contributed by atoms with Crippen molar-refractivity contribution in [3.05, 3.63) is 64.7 Å². The molecule has 0 aliphatic rings. The molecule has 2 aromatic carbocycles. The van der Waals surface area contributed by atoms with Crippen LogP contribution in [0.15, 0.2) is 48.5 Å². The first-order valence-electron chi connectivity index (χ1n) is 6.34. The quantitative estimate of drug-likeness (QED) is 0.612. The summed E-state index contributed by atoms with van der Waals surface area (Å²) in [5.41, 5.74) is 1.31. The third kappa shape index (κ3) is 3.86. The van der Waals surface area contributed by atoms with E-state index in [0.29, 0.717) is 22.1 Å². The number of hydrogen-bond acceptors (Lipinski definition) is 3. The molecule has 4 heteroatoms. The lowest BCUT2D eigenvalue weighted by Crippen LogP contribution is -1.94. The molecule has 0 aromatic heterocycles. The summed E-state index contributed by atoms with van der Waals surface area (Å²) < 4.78 is 10.4. The molecule has 0 saturated carbocycles. The van der Waals surface area contributed by atoms with Crippen LogP contribution < -0.4 is 9.47 Å². The van der Waals surface area contributed by atoms with Gasteiger partial charge in [0.15, 0.2) is 5.78 Å². The number of hydrogen-bond donors (Lipinski definition) is 0. The second-order valence-electron chi connectivity index (χ2n) is 4.32. The highest BCUT2D eigenvalue weighted by atomic mass is 35.5. The first-order chi connectivity index (χ1) is 10.1. The van der Waals surface area contributed by atoms with Gasteiger partial charge in [-0.2, -0.15) is 0 Å². The van der Waals surface area contributed by atoms with Gasteiger partial charge < -0.3 is 9.47 Å². The lowest BCUT2D eigenvalue weighted by Gasteiger charge is -2.07. The summed E-state index contributed by atoms with van der Waals surface area (Å²) in [4.78, 5) is 12.1. The highest BCUT2D eigenvalue weighted by molar-refractivity contribution is 6.31. The van der Waals surface area contributed by atoms with Crippen molar-refractivity contribution in [1.29, 1.82) is 0 Å². The first-order valence-corrected chi connectivity index (χ1v) is 6.72. The van der Waals surface area contributed by atoms with Gasteiger partial charge in [-0.25, -0.2) is 0 Å². The predicted molar refractivity (Wildman–Crippen MR) is 84.4 cm³/mol. The average Bonchev–Trinajstić information content (AvgIpc) is 2.52. The molecule has 0 fully saturated rings. The Labute approximate surface area is 128 Å². The highest BCUT2D eigenvalue weighted by Crippen LogP contribution is 2.25. The molecule has 0 aliphatic carbocycles. The molecule has 108 valence electrons. The Kier molecular flexibility index (Phi) is 5.01. The zero-order valence-corrected chi connectivity index (χ0v) is 12.6. The van der Waals surface area contributed by atoms with Crippen LogP contribution in [0.5, 0.6) is 11.5 Å². The van der Waals surface area contributed by atoms with Crippen LogP contribution in [0.25, 0.3) is 6.08 Å². The molecule has 0 bridgehead atoms. The Morgan fingerprint density at radius 3 is 2.57 bits per heavy atom. The third-order valence-electron chi connectivity index (χ3n) is 2.96. The van der Waals surface area contributed by atoms with Gasteiger partial charge in [-0.3, -0.25) is 4.79 Å². The average molecular weight is 303 g/mol. The number of carbonyl (C=O) groups excluding carboxylic acids is 1. The van der Waals surface area contributed by atoms with E-state index in [1.807, 2.05) is 0 Å². The Morgan fingerprint density at radius 1 is 1.10 bits per heavy atom. The molecule has 0 unspecified atom stereocenters. The first kappa shape index (κ1) is 15.1. The van der Waals surface area contributed by atoms with Gasteiger partial charge in [0.25, 0.3) is 0 Å². The number of methoxy groups -OCH3 is 2. The van der Waals surface area contributed by atoms with Crippen LogP contribution in [0.3, 0.4) is 0 Å². The molecular formula is C17H15ClO3. The van der Waals surface area contributed by atoms with Crippen molar-refractivity contribution in [2.75, 3.05) is 14.2 Å². The molecule has 3 nitrogen and oxygen atoms in total. The minimum Gasteiger partial charge on any atom is -0.497 e. The second-order valence-corrected chi connectivity index (χ2v) is 4.75. The van der Waals surface area contributed by atoms with Crippen molar-refractivity contribution in [1.82, 2.24) is 0 Å². The number of halogens is 1. The maximum absolute atomic E-state index is 12.1. The van der Waals surface area contributed by atoms with E-state index in [0.717, 1.165) is 5.56 Å². The molecule has 0 heterocycles. The van der Waals surface area contributed by atoms with Crippen LogP contribution in [0.4, 0.5) is 0 Å². The lowest BCUT2D eigenvalue weighted by atomic mass is 10.1. The predicted octanol–water partition coefficient (Wildman–Crippen LogP) is 4.25. The van der Waals surface area contributed by atoms with Gasteiger partial charge in [0.05, 0.1) is 14.2 Å². The van der Waals surface area contributed by atoms with E-state index in [2.05, 4.69) is 0 Å². The van der Waals surface area contributed by atoms with Gasteiger partial charge in [-0.05, 0) is 42.5 Å². The van der Waals surface area contributed by atoms with Crippen molar-refractivity contribution in [3.63, 3.8) is 0 Å². The highest BCUT2D eigenvalue weighted by Gasteiger charge is 2.05. The Balaban J connectivity index is 2.26. The second kappa shape index (κ2) is 6.95. The number of carbonyl (C=O) groups is 1. The summed E-state index contributed by atoms with van der Waals surface area (Å²) in [7, 11) is 3.17. The van der Waals surface area contributed by atoms with Crippen molar-refractivity contribution in [2.24, 2.45) is 0 Å². The SMILES string of the molecule is COc1ccc(OC)c(/C=C/C(=O)c2cccc(Cl)c2)c1. The molecule has 0 radical (unpaired) electrons. The molecule has 0 amide bonds. The van der Waals surface area contributed by atoms with Gasteiger partial charge in [-0.1, -0.05) is 23.7 Å². The van der Waals surface area contributed by atoms with Crippen LogP contribution in [0, 0.1) is 0 Å². The molecule has 0 aliphatic heterocycles. The molecule has 2 rings (SSSR count). The maximum Gasteiger partial charge on any atom is 0.185 e. The molecule has 0 spiro atoms. The Hall–Kier alpha value is -2.26. The van der Waals surface area contributed by atoms with Crippen LogP contribution >= 0.6 is 11.6 Å². The smallest absolute Gasteiger partial charge is 0.185 e. The number of allylic oxidation sites excluding steroid dienone is 1. The number of benzene rings is 2. The standard InChI is InChI=1S/C17H15ClO3/c1-20-15-7-9-17(21-2)13(11-15)6-8-16(19)12-4-3-5-14(18)10-12/h3-11H,1-2H3/b8-6+. The van der Waals surface area contributed by atoms with Crippen molar-refractivity contribution < 1.29 is 14.3 Å². The topological polar surface area (TPSA) is 35.5 Å². The molecular weight excluding hydrogens is 288 g/mol. The summed E-state index contributed by atoms with van der Waals surface area (Å²) in [5.74, 6) is 1.25. The monoisotopic (exact) mass is 302 g/mol. The number of ketones is 1. The van der Waals surface area contributed by atoms with Gasteiger partial charge in [-0.15, -0.1) is 0 Å². The third-order valence-corrected chi connectivity index (χ3v) is 3.20. The minimum absolute atomic E-state index is 0.123. The van der Waals surface area contributed by atoms with E-state index in [9.17, 15) is 4.79 Å². The van der Waals surface area contributed by atoms with Gasteiger partial charge in [0.2, 0.25) is 0 Å². The maximum atomic E-state index is 12.1. The van der Waals surface area contributed by atoms with Crippen LogP contribution in [-0.2, 0) is 0 Å². The van der Waals surface area contributed by atoms with E-state index >= 15 is 0 Å². The number of rotatable bonds is 5. The molecule has 2 aromatic rings. The van der Waals surface area contributed by atoms with E-state index < -0.39 is 0 Å². The Morgan fingerprint density at radius 2 is 1.90 bits per heavy atom. The van der Waals surface area contributed by atoms with Gasteiger partial charge >= 0.3 is 0 Å². The largest absolute Gasteiger partial charge is 0.497 e. The normalized spacial score (nSPS) is 10.6. The molecule has 0 atom stereocenters. The van der Waals surface area contributed by atoms with E-state index in [4.69, 9.17) is 21.1 Å². The van der Waals surface area contributed by atoms with E-state index in [-0.39, 0.29) is 5.78 Å². The number of ether oxygens (including phenoxy) is 2. The lowest BCUT2D eigenvalue weighted by molar-refractivity contribution is 0.104. The van der Waals surface area contributed by atoms with Gasteiger partial charge in [0, 0.05) is 16.1 Å². The van der Waals surface area contributed by atoms with Crippen molar-refractivity contribution >= 4 is 23.5 Å². The Bertz CT molecular complexity index is 677. The summed E-state index contributed by atoms with van der Waals surface area (Å²) in [6.07, 6.45) is 3.19. The molecule has 0 saturated heterocycles. The fraction of sp³-hybridized carbons (Fsp3) is 0.118. The summed E-state index contributed by atoms with van der Waals surface area (Å²) >= 11 is 5.88.